The van der Waals surface area contributed by atoms with Crippen molar-refractivity contribution in [2.24, 2.45) is 5.92 Å². The van der Waals surface area contributed by atoms with E-state index in [1.54, 1.807) is 10.4 Å². The third-order valence-corrected chi connectivity index (χ3v) is 7.82. The molecule has 1 fully saturated rings. The second kappa shape index (κ2) is 5.52. The molecular formula is C11H15Br2NO2S2. The fourth-order valence-corrected chi connectivity index (χ4v) is 7.61. The molecule has 1 aliphatic heterocycles. The van der Waals surface area contributed by atoms with Gasteiger partial charge in [0.25, 0.3) is 0 Å². The largest absolute Gasteiger partial charge is 0.244 e. The van der Waals surface area contributed by atoms with Crippen molar-refractivity contribution in [3.05, 3.63) is 14.7 Å². The lowest BCUT2D eigenvalue weighted by Gasteiger charge is -2.24. The Morgan fingerprint density at radius 1 is 1.56 bits per heavy atom. The highest BCUT2D eigenvalue weighted by Gasteiger charge is 2.39. The molecule has 0 radical (unpaired) electrons. The van der Waals surface area contributed by atoms with E-state index < -0.39 is 10.0 Å². The molecule has 0 bridgehead atoms. The first-order valence-corrected chi connectivity index (χ1v) is 9.88. The Balaban J connectivity index is 2.40. The van der Waals surface area contributed by atoms with E-state index in [1.165, 1.54) is 11.3 Å². The highest BCUT2D eigenvalue weighted by atomic mass is 79.9. The van der Waals surface area contributed by atoms with Gasteiger partial charge in [0.15, 0.2) is 0 Å². The van der Waals surface area contributed by atoms with Crippen molar-refractivity contribution in [3.63, 3.8) is 0 Å². The zero-order chi connectivity index (χ0) is 13.5. The topological polar surface area (TPSA) is 37.4 Å². The van der Waals surface area contributed by atoms with Crippen molar-refractivity contribution in [2.45, 2.75) is 31.2 Å². The van der Waals surface area contributed by atoms with E-state index >= 15 is 0 Å². The van der Waals surface area contributed by atoms with Gasteiger partial charge in [0, 0.05) is 22.8 Å². The Morgan fingerprint density at radius 2 is 2.22 bits per heavy atom. The Bertz CT molecular complexity index is 541. The summed E-state index contributed by atoms with van der Waals surface area (Å²) in [6.07, 6.45) is 0.930. The van der Waals surface area contributed by atoms with Crippen LogP contribution in [0.3, 0.4) is 0 Å². The van der Waals surface area contributed by atoms with Gasteiger partial charge in [-0.25, -0.2) is 8.42 Å². The van der Waals surface area contributed by atoms with Crippen molar-refractivity contribution in [2.75, 3.05) is 11.9 Å². The maximum absolute atomic E-state index is 12.7. The minimum Gasteiger partial charge on any atom is -0.207 e. The number of sulfonamides is 1. The van der Waals surface area contributed by atoms with Crippen LogP contribution in [0.15, 0.2) is 14.7 Å². The van der Waals surface area contributed by atoms with E-state index in [-0.39, 0.29) is 6.04 Å². The molecule has 0 aromatic carbocycles. The van der Waals surface area contributed by atoms with E-state index in [4.69, 9.17) is 0 Å². The Kier molecular flexibility index (Phi) is 4.59. The highest BCUT2D eigenvalue weighted by Crippen LogP contribution is 2.36. The van der Waals surface area contributed by atoms with Crippen LogP contribution in [0.5, 0.6) is 0 Å². The minimum atomic E-state index is -3.36. The second-order valence-electron chi connectivity index (χ2n) is 4.57. The molecule has 0 spiro atoms. The monoisotopic (exact) mass is 415 g/mol. The van der Waals surface area contributed by atoms with Gasteiger partial charge in [-0.3, -0.25) is 0 Å². The van der Waals surface area contributed by atoms with Crippen LogP contribution < -0.4 is 0 Å². The molecule has 2 atom stereocenters. The van der Waals surface area contributed by atoms with Gasteiger partial charge >= 0.3 is 0 Å². The van der Waals surface area contributed by atoms with Crippen molar-refractivity contribution < 1.29 is 8.42 Å². The van der Waals surface area contributed by atoms with Gasteiger partial charge < -0.3 is 0 Å². The number of hydrogen-bond acceptors (Lipinski definition) is 3. The predicted octanol–water partition coefficient (Wildman–Crippen LogP) is 3.61. The summed E-state index contributed by atoms with van der Waals surface area (Å²) >= 11 is 8.25. The number of alkyl halides is 1. The van der Waals surface area contributed by atoms with Crippen LogP contribution in [0.1, 0.15) is 18.2 Å². The first kappa shape index (κ1) is 15.0. The standard InChI is InChI=1S/C11H15Br2NO2S2/c1-7-3-4-14(9(7)6-12)18(15,16)10-5-11(13)17-8(10)2/h5,7,9H,3-4,6H2,1-2H3. The molecule has 102 valence electrons. The lowest BCUT2D eigenvalue weighted by molar-refractivity contribution is 0.378. The quantitative estimate of drug-likeness (QED) is 0.705. The fraction of sp³-hybridized carbons (Fsp3) is 0.636. The van der Waals surface area contributed by atoms with Crippen LogP contribution >= 0.6 is 43.2 Å². The zero-order valence-corrected chi connectivity index (χ0v) is 15.0. The SMILES string of the molecule is Cc1sc(Br)cc1S(=O)(=O)N1CCC(C)C1CBr. The molecule has 2 rings (SSSR count). The number of aryl methyl sites for hydroxylation is 1. The number of rotatable bonds is 3. The number of hydrogen-bond donors (Lipinski definition) is 0. The Hall–Kier alpha value is 0.570. The number of halogens is 2. The zero-order valence-electron chi connectivity index (χ0n) is 10.2. The average molecular weight is 417 g/mol. The van der Waals surface area contributed by atoms with Crippen LogP contribution in [0.25, 0.3) is 0 Å². The van der Waals surface area contributed by atoms with E-state index in [9.17, 15) is 8.42 Å². The second-order valence-corrected chi connectivity index (χ2v) is 9.72. The van der Waals surface area contributed by atoms with Crippen LogP contribution in [0, 0.1) is 12.8 Å². The van der Waals surface area contributed by atoms with Gasteiger partial charge in [-0.2, -0.15) is 4.31 Å². The molecule has 1 aliphatic rings. The van der Waals surface area contributed by atoms with E-state index in [1.807, 2.05) is 6.92 Å². The molecule has 0 saturated carbocycles. The summed E-state index contributed by atoms with van der Waals surface area (Å²) in [6, 6.07) is 1.77. The molecule has 18 heavy (non-hydrogen) atoms. The van der Waals surface area contributed by atoms with Crippen LogP contribution in [0.4, 0.5) is 0 Å². The van der Waals surface area contributed by atoms with Crippen LogP contribution in [-0.4, -0.2) is 30.6 Å². The lowest BCUT2D eigenvalue weighted by Crippen LogP contribution is -2.38. The van der Waals surface area contributed by atoms with Gasteiger partial charge in [-0.15, -0.1) is 11.3 Å². The van der Waals surface area contributed by atoms with Crippen molar-refractivity contribution in [1.82, 2.24) is 4.31 Å². The van der Waals surface area contributed by atoms with Crippen LogP contribution in [0.2, 0.25) is 0 Å². The molecule has 1 aromatic rings. The van der Waals surface area contributed by atoms with Gasteiger partial charge in [-0.05, 0) is 41.3 Å². The van der Waals surface area contributed by atoms with E-state index in [0.717, 1.165) is 15.1 Å². The molecule has 0 aliphatic carbocycles. The summed E-state index contributed by atoms with van der Waals surface area (Å²) in [6.45, 7) is 4.58. The highest BCUT2D eigenvalue weighted by molar-refractivity contribution is 9.11. The molecule has 0 amide bonds. The molecule has 0 N–H and O–H groups in total. The molecule has 1 aromatic heterocycles. The van der Waals surface area contributed by atoms with Gasteiger partial charge in [0.05, 0.1) is 8.68 Å². The van der Waals surface area contributed by atoms with Crippen molar-refractivity contribution >= 4 is 53.2 Å². The van der Waals surface area contributed by atoms with E-state index in [2.05, 4.69) is 38.8 Å². The molecular weight excluding hydrogens is 402 g/mol. The average Bonchev–Trinajstić information content (AvgIpc) is 2.82. The fourth-order valence-electron chi connectivity index (χ4n) is 2.31. The third kappa shape index (κ3) is 2.57. The van der Waals surface area contributed by atoms with Crippen molar-refractivity contribution in [3.8, 4) is 0 Å². The summed E-state index contributed by atoms with van der Waals surface area (Å²) < 4.78 is 27.9. The summed E-state index contributed by atoms with van der Waals surface area (Å²) in [5.74, 6) is 0.404. The van der Waals surface area contributed by atoms with E-state index in [0.29, 0.717) is 22.7 Å². The van der Waals surface area contributed by atoms with Crippen molar-refractivity contribution in [1.29, 1.82) is 0 Å². The molecule has 7 heteroatoms. The molecule has 2 heterocycles. The third-order valence-electron chi connectivity index (χ3n) is 3.42. The van der Waals surface area contributed by atoms with Crippen LogP contribution in [-0.2, 0) is 10.0 Å². The first-order valence-electron chi connectivity index (χ1n) is 5.71. The summed E-state index contributed by atoms with van der Waals surface area (Å²) in [4.78, 5) is 1.29. The first-order chi connectivity index (χ1) is 8.37. The summed E-state index contributed by atoms with van der Waals surface area (Å²) in [5, 5.41) is 0.692. The molecule has 3 nitrogen and oxygen atoms in total. The summed E-state index contributed by atoms with van der Waals surface area (Å²) in [7, 11) is -3.36. The Morgan fingerprint density at radius 3 is 2.72 bits per heavy atom. The minimum absolute atomic E-state index is 0.0630. The predicted molar refractivity (Wildman–Crippen MR) is 82.0 cm³/mol. The van der Waals surface area contributed by atoms with Gasteiger partial charge in [-0.1, -0.05) is 22.9 Å². The lowest BCUT2D eigenvalue weighted by atomic mass is 10.1. The van der Waals surface area contributed by atoms with Gasteiger partial charge in [0.1, 0.15) is 0 Å². The number of nitrogens with zero attached hydrogens (tertiary/aromatic N) is 1. The smallest absolute Gasteiger partial charge is 0.207 e. The summed E-state index contributed by atoms with van der Waals surface area (Å²) in [5.41, 5.74) is 0. The Labute approximate surface area is 129 Å². The van der Waals surface area contributed by atoms with Gasteiger partial charge in [0.2, 0.25) is 10.0 Å². The maximum atomic E-state index is 12.7. The normalized spacial score (nSPS) is 25.8. The number of thiophene rings is 1. The maximum Gasteiger partial charge on any atom is 0.244 e. The molecule has 1 saturated heterocycles. The molecule has 2 unspecified atom stereocenters.